The van der Waals surface area contributed by atoms with Gasteiger partial charge >= 0.3 is 0 Å². The Hall–Kier alpha value is -0.126. The molecular formula is C13H26OSi2. The summed E-state index contributed by atoms with van der Waals surface area (Å²) in [5, 5.41) is 1.71. The van der Waals surface area contributed by atoms with Gasteiger partial charge in [0.2, 0.25) is 0 Å². The number of hydrogen-bond donors (Lipinski definition) is 0. The van der Waals surface area contributed by atoms with Crippen LogP contribution in [0.25, 0.3) is 0 Å². The van der Waals surface area contributed by atoms with Crippen molar-refractivity contribution in [1.29, 1.82) is 0 Å². The van der Waals surface area contributed by atoms with Gasteiger partial charge in [0, 0.05) is 6.61 Å². The monoisotopic (exact) mass is 254 g/mol. The molecule has 0 radical (unpaired) electrons. The highest BCUT2D eigenvalue weighted by molar-refractivity contribution is 6.84. The summed E-state index contributed by atoms with van der Waals surface area (Å²) in [7, 11) is -2.43. The lowest BCUT2D eigenvalue weighted by Crippen LogP contribution is -2.30. The van der Waals surface area contributed by atoms with Crippen molar-refractivity contribution in [2.75, 3.05) is 6.61 Å². The summed E-state index contributed by atoms with van der Waals surface area (Å²) >= 11 is 0. The Bertz CT molecular complexity index is 285. The highest BCUT2D eigenvalue weighted by Crippen LogP contribution is 2.27. The number of hydrogen-bond acceptors (Lipinski definition) is 1. The molecule has 0 aliphatic heterocycles. The third-order valence-electron chi connectivity index (χ3n) is 3.12. The second kappa shape index (κ2) is 5.47. The van der Waals surface area contributed by atoms with Crippen LogP contribution in [0.15, 0.2) is 23.4 Å². The Morgan fingerprint density at radius 2 is 1.88 bits per heavy atom. The first-order valence-electron chi connectivity index (χ1n) is 6.31. The van der Waals surface area contributed by atoms with E-state index in [4.69, 9.17) is 4.43 Å². The van der Waals surface area contributed by atoms with Crippen molar-refractivity contribution in [3.05, 3.63) is 23.4 Å². The van der Waals surface area contributed by atoms with E-state index in [0.29, 0.717) is 0 Å². The van der Waals surface area contributed by atoms with Crippen molar-refractivity contribution >= 4 is 16.4 Å². The maximum atomic E-state index is 5.91. The molecule has 3 heteroatoms. The molecule has 0 amide bonds. The molecule has 92 valence electrons. The third-order valence-corrected chi connectivity index (χ3v) is 7.90. The van der Waals surface area contributed by atoms with Crippen LogP contribution in [0, 0.1) is 0 Å². The lowest BCUT2D eigenvalue weighted by molar-refractivity contribution is 0.310. The summed E-state index contributed by atoms with van der Waals surface area (Å²) < 4.78 is 5.91. The van der Waals surface area contributed by atoms with E-state index < -0.39 is 16.4 Å². The highest BCUT2D eigenvalue weighted by atomic mass is 28.4. The molecule has 1 aliphatic rings. The fourth-order valence-electron chi connectivity index (χ4n) is 2.00. The zero-order chi connectivity index (χ0) is 12.2. The fraction of sp³-hybridized carbons (Fsp3) is 0.692. The van der Waals surface area contributed by atoms with E-state index in [0.717, 1.165) is 6.61 Å². The Labute approximate surface area is 103 Å². The van der Waals surface area contributed by atoms with E-state index in [1.165, 1.54) is 18.9 Å². The molecule has 16 heavy (non-hydrogen) atoms. The first kappa shape index (κ1) is 13.9. The number of rotatable bonds is 6. The highest BCUT2D eigenvalue weighted by Gasteiger charge is 2.25. The molecule has 0 unspecified atom stereocenters. The van der Waals surface area contributed by atoms with Crippen LogP contribution in [0.2, 0.25) is 38.8 Å². The normalized spacial score (nSPS) is 16.7. The summed E-state index contributed by atoms with van der Waals surface area (Å²) in [6.45, 7) is 12.7. The second-order valence-electron chi connectivity index (χ2n) is 6.27. The molecule has 0 N–H and O–H groups in total. The molecule has 0 atom stereocenters. The summed E-state index contributed by atoms with van der Waals surface area (Å²) in [6, 6.07) is 1.37. The van der Waals surface area contributed by atoms with Gasteiger partial charge in [0.05, 0.1) is 8.07 Å². The molecular weight excluding hydrogens is 228 g/mol. The molecule has 0 saturated heterocycles. The minimum Gasteiger partial charge on any atom is -0.418 e. The summed E-state index contributed by atoms with van der Waals surface area (Å²) in [5.41, 5.74) is 0. The Balaban J connectivity index is 2.26. The molecule has 0 heterocycles. The molecule has 1 aliphatic carbocycles. The van der Waals surface area contributed by atoms with Gasteiger partial charge in [0.25, 0.3) is 0 Å². The Morgan fingerprint density at radius 1 is 1.19 bits per heavy atom. The standard InChI is InChI=1S/C13H26OSi2/c1-15(2,3)14-11-8-12-16(4,5)13-9-6-7-10-13/h6-7,9H,8,10-12H2,1-5H3. The first-order chi connectivity index (χ1) is 7.31. The van der Waals surface area contributed by atoms with Crippen LogP contribution < -0.4 is 0 Å². The van der Waals surface area contributed by atoms with Gasteiger partial charge in [-0.15, -0.1) is 0 Å². The minimum atomic E-state index is -1.30. The van der Waals surface area contributed by atoms with Crippen LogP contribution >= 0.6 is 0 Å². The van der Waals surface area contributed by atoms with Crippen molar-refractivity contribution < 1.29 is 4.43 Å². The third kappa shape index (κ3) is 4.81. The molecule has 0 aromatic rings. The zero-order valence-corrected chi connectivity index (χ0v) is 13.5. The molecule has 0 saturated carbocycles. The quantitative estimate of drug-likeness (QED) is 0.505. The second-order valence-corrected chi connectivity index (χ2v) is 15.7. The molecule has 0 aromatic carbocycles. The molecule has 1 rings (SSSR count). The lowest BCUT2D eigenvalue weighted by Gasteiger charge is -2.25. The van der Waals surface area contributed by atoms with Crippen molar-refractivity contribution in [3.63, 3.8) is 0 Å². The average molecular weight is 255 g/mol. The smallest absolute Gasteiger partial charge is 0.183 e. The van der Waals surface area contributed by atoms with Crippen LogP contribution in [0.3, 0.4) is 0 Å². The predicted molar refractivity (Wildman–Crippen MR) is 78.0 cm³/mol. The SMILES string of the molecule is C[Si](C)(C)OCCC[Si](C)(C)C1=CC=CC1. The minimum absolute atomic E-state index is 0.965. The fourth-order valence-corrected chi connectivity index (χ4v) is 5.33. The van der Waals surface area contributed by atoms with Crippen LogP contribution in [-0.4, -0.2) is 23.0 Å². The van der Waals surface area contributed by atoms with Gasteiger partial charge in [-0.2, -0.15) is 0 Å². The van der Waals surface area contributed by atoms with Crippen molar-refractivity contribution in [2.45, 2.75) is 51.6 Å². The summed E-state index contributed by atoms with van der Waals surface area (Å²) in [6.07, 6.45) is 9.27. The maximum Gasteiger partial charge on any atom is 0.183 e. The van der Waals surface area contributed by atoms with Crippen LogP contribution in [0.5, 0.6) is 0 Å². The van der Waals surface area contributed by atoms with Gasteiger partial charge in [-0.05, 0) is 32.5 Å². The predicted octanol–water partition coefficient (Wildman–Crippen LogP) is 4.36. The van der Waals surface area contributed by atoms with Crippen molar-refractivity contribution in [3.8, 4) is 0 Å². The molecule has 1 nitrogen and oxygen atoms in total. The van der Waals surface area contributed by atoms with Gasteiger partial charge in [-0.25, -0.2) is 0 Å². The molecule has 0 fully saturated rings. The molecule has 0 bridgehead atoms. The topological polar surface area (TPSA) is 9.23 Å². The Morgan fingerprint density at radius 3 is 2.38 bits per heavy atom. The van der Waals surface area contributed by atoms with E-state index in [9.17, 15) is 0 Å². The number of allylic oxidation sites excluding steroid dienone is 4. The molecule has 0 spiro atoms. The van der Waals surface area contributed by atoms with Gasteiger partial charge in [-0.3, -0.25) is 0 Å². The van der Waals surface area contributed by atoms with Crippen molar-refractivity contribution in [1.82, 2.24) is 0 Å². The van der Waals surface area contributed by atoms with Gasteiger partial charge in [0.15, 0.2) is 8.32 Å². The average Bonchev–Trinajstić information content (AvgIpc) is 2.64. The van der Waals surface area contributed by atoms with E-state index in [1.807, 2.05) is 0 Å². The maximum absolute atomic E-state index is 5.91. The van der Waals surface area contributed by atoms with E-state index in [2.05, 4.69) is 51.0 Å². The largest absolute Gasteiger partial charge is 0.418 e. The Kier molecular flexibility index (Phi) is 4.77. The van der Waals surface area contributed by atoms with Gasteiger partial charge < -0.3 is 4.43 Å². The summed E-state index contributed by atoms with van der Waals surface area (Å²) in [5.74, 6) is 0. The van der Waals surface area contributed by atoms with Gasteiger partial charge in [0.1, 0.15) is 0 Å². The van der Waals surface area contributed by atoms with E-state index in [-0.39, 0.29) is 0 Å². The van der Waals surface area contributed by atoms with E-state index in [1.54, 1.807) is 5.20 Å². The van der Waals surface area contributed by atoms with Gasteiger partial charge in [-0.1, -0.05) is 42.6 Å². The zero-order valence-electron chi connectivity index (χ0n) is 11.5. The lowest BCUT2D eigenvalue weighted by atomic mass is 10.5. The van der Waals surface area contributed by atoms with Crippen LogP contribution in [-0.2, 0) is 4.43 Å². The van der Waals surface area contributed by atoms with Crippen LogP contribution in [0.4, 0.5) is 0 Å². The van der Waals surface area contributed by atoms with Crippen LogP contribution in [0.1, 0.15) is 12.8 Å². The van der Waals surface area contributed by atoms with E-state index >= 15 is 0 Å². The summed E-state index contributed by atoms with van der Waals surface area (Å²) in [4.78, 5) is 0. The van der Waals surface area contributed by atoms with Crippen molar-refractivity contribution in [2.24, 2.45) is 0 Å². The molecule has 0 aromatic heterocycles. The first-order valence-corrected chi connectivity index (χ1v) is 12.9.